The maximum Gasteiger partial charge on any atom is 0.337 e. The fourth-order valence-corrected chi connectivity index (χ4v) is 4.20. The van der Waals surface area contributed by atoms with E-state index in [4.69, 9.17) is 4.74 Å². The maximum atomic E-state index is 13.0. The Kier molecular flexibility index (Phi) is 3.51. The van der Waals surface area contributed by atoms with Crippen LogP contribution in [0.15, 0.2) is 53.4 Å². The zero-order valence-corrected chi connectivity index (χ0v) is 13.2. The van der Waals surface area contributed by atoms with Crippen molar-refractivity contribution in [3.05, 3.63) is 54.1 Å². The van der Waals surface area contributed by atoms with Crippen LogP contribution in [-0.4, -0.2) is 20.1 Å². The van der Waals surface area contributed by atoms with Gasteiger partial charge in [-0.2, -0.15) is 3.89 Å². The van der Waals surface area contributed by atoms with E-state index in [1.807, 2.05) is 56.4 Å². The van der Waals surface area contributed by atoms with E-state index in [0.29, 0.717) is 0 Å². The molecular formula is C17H18NO2S+. The van der Waals surface area contributed by atoms with Gasteiger partial charge in [-0.05, 0) is 24.6 Å². The molecule has 2 aromatic rings. The van der Waals surface area contributed by atoms with E-state index in [0.717, 1.165) is 21.9 Å². The number of para-hydroxylation sites is 2. The molecule has 108 valence electrons. The van der Waals surface area contributed by atoms with Gasteiger partial charge in [0.05, 0.1) is 25.0 Å². The predicted octanol–water partition coefficient (Wildman–Crippen LogP) is 3.98. The van der Waals surface area contributed by atoms with E-state index in [9.17, 15) is 4.79 Å². The minimum Gasteiger partial charge on any atom is -0.491 e. The Balaban J connectivity index is 2.16. The van der Waals surface area contributed by atoms with Crippen LogP contribution in [0, 0.1) is 0 Å². The van der Waals surface area contributed by atoms with Gasteiger partial charge in [-0.3, -0.25) is 0 Å². The first-order valence-electron chi connectivity index (χ1n) is 6.91. The lowest BCUT2D eigenvalue weighted by molar-refractivity contribution is -0.126. The molecule has 1 aliphatic heterocycles. The largest absolute Gasteiger partial charge is 0.491 e. The van der Waals surface area contributed by atoms with Crippen LogP contribution in [0.25, 0.3) is 0 Å². The molecule has 2 atom stereocenters. The summed E-state index contributed by atoms with van der Waals surface area (Å²) in [6, 6.07) is 15.8. The molecule has 1 amide bonds. The van der Waals surface area contributed by atoms with Crippen molar-refractivity contribution in [2.75, 3.05) is 14.2 Å². The number of fused-ring (bicyclic) bond motifs is 1. The molecular weight excluding hydrogens is 282 g/mol. The number of likely N-dealkylation sites (N-methyl/N-ethyl adjacent to an activating group) is 1. The molecule has 1 aliphatic rings. The molecule has 4 heteroatoms. The predicted molar refractivity (Wildman–Crippen MR) is 86.4 cm³/mol. The fourth-order valence-electron chi connectivity index (χ4n) is 2.82. The molecule has 21 heavy (non-hydrogen) atoms. The van der Waals surface area contributed by atoms with Crippen molar-refractivity contribution in [1.29, 1.82) is 0 Å². The Hall–Kier alpha value is -1.78. The molecule has 2 unspecified atom stereocenters. The molecule has 3 rings (SSSR count). The van der Waals surface area contributed by atoms with Crippen LogP contribution in [0.2, 0.25) is 0 Å². The maximum absolute atomic E-state index is 13.0. The lowest BCUT2D eigenvalue weighted by atomic mass is 9.99. The average molecular weight is 300 g/mol. The number of amides is 1. The minimum absolute atomic E-state index is 0.127. The number of carbonyl (C=O) groups excluding carboxylic acids is 1. The number of hydrogen-bond acceptors (Lipinski definition) is 3. The second-order valence-electron chi connectivity index (χ2n) is 5.29. The SMILES string of the molecule is COc1ccccc1[N+]1(C)Sc2ccccc2C(C)C1=O. The van der Waals surface area contributed by atoms with Crippen molar-refractivity contribution in [3.63, 3.8) is 0 Å². The number of benzene rings is 2. The zero-order valence-electron chi connectivity index (χ0n) is 12.4. The summed E-state index contributed by atoms with van der Waals surface area (Å²) in [5.41, 5.74) is 1.99. The lowest BCUT2D eigenvalue weighted by Crippen LogP contribution is -2.48. The van der Waals surface area contributed by atoms with Crippen LogP contribution in [0.4, 0.5) is 5.69 Å². The first kappa shape index (κ1) is 14.2. The number of carbonyl (C=O) groups is 1. The van der Waals surface area contributed by atoms with Gasteiger partial charge in [0.15, 0.2) is 11.4 Å². The number of nitrogens with zero attached hydrogens (tertiary/aromatic N) is 1. The first-order chi connectivity index (χ1) is 10.1. The molecule has 1 heterocycles. The summed E-state index contributed by atoms with van der Waals surface area (Å²) in [5, 5.41) is 0. The van der Waals surface area contributed by atoms with Crippen molar-refractivity contribution in [3.8, 4) is 5.75 Å². The highest BCUT2D eigenvalue weighted by Gasteiger charge is 2.47. The van der Waals surface area contributed by atoms with Gasteiger partial charge in [-0.1, -0.05) is 30.3 Å². The molecule has 0 spiro atoms. The number of rotatable bonds is 2. The van der Waals surface area contributed by atoms with E-state index >= 15 is 0 Å². The monoisotopic (exact) mass is 300 g/mol. The molecule has 0 N–H and O–H groups in total. The van der Waals surface area contributed by atoms with Crippen molar-refractivity contribution in [2.45, 2.75) is 17.7 Å². The topological polar surface area (TPSA) is 26.3 Å². The average Bonchev–Trinajstić information content (AvgIpc) is 2.53. The number of quaternary nitrogens is 1. The van der Waals surface area contributed by atoms with Crippen molar-refractivity contribution in [2.24, 2.45) is 0 Å². The van der Waals surface area contributed by atoms with Crippen LogP contribution < -0.4 is 8.63 Å². The molecule has 0 saturated carbocycles. The zero-order chi connectivity index (χ0) is 15.0. The second kappa shape index (κ2) is 5.20. The summed E-state index contributed by atoms with van der Waals surface area (Å²) in [4.78, 5) is 14.1. The minimum atomic E-state index is -0.127. The summed E-state index contributed by atoms with van der Waals surface area (Å²) in [6.07, 6.45) is 0. The third-order valence-corrected chi connectivity index (χ3v) is 5.31. The number of ether oxygens (including phenoxy) is 1. The van der Waals surface area contributed by atoms with E-state index in [-0.39, 0.29) is 15.7 Å². The highest BCUT2D eigenvalue weighted by molar-refractivity contribution is 7.99. The Morgan fingerprint density at radius 1 is 1.10 bits per heavy atom. The highest BCUT2D eigenvalue weighted by Crippen LogP contribution is 2.48. The van der Waals surface area contributed by atoms with E-state index in [1.54, 1.807) is 19.1 Å². The Labute approximate surface area is 129 Å². The third kappa shape index (κ3) is 2.15. The van der Waals surface area contributed by atoms with Gasteiger partial charge in [-0.15, -0.1) is 0 Å². The van der Waals surface area contributed by atoms with Gasteiger partial charge in [-0.25, -0.2) is 4.79 Å². The van der Waals surface area contributed by atoms with Crippen LogP contribution in [-0.2, 0) is 4.79 Å². The third-order valence-electron chi connectivity index (χ3n) is 4.00. The Morgan fingerprint density at radius 3 is 2.52 bits per heavy atom. The van der Waals surface area contributed by atoms with E-state index < -0.39 is 0 Å². The summed E-state index contributed by atoms with van der Waals surface area (Å²) < 4.78 is 5.62. The van der Waals surface area contributed by atoms with E-state index in [1.165, 1.54) is 0 Å². The molecule has 0 fully saturated rings. The van der Waals surface area contributed by atoms with Gasteiger partial charge < -0.3 is 4.74 Å². The van der Waals surface area contributed by atoms with Crippen LogP contribution in [0.1, 0.15) is 18.4 Å². The smallest absolute Gasteiger partial charge is 0.337 e. The quantitative estimate of drug-likeness (QED) is 0.620. The summed E-state index contributed by atoms with van der Waals surface area (Å²) in [5.74, 6) is 0.785. The van der Waals surface area contributed by atoms with Crippen LogP contribution in [0.5, 0.6) is 5.75 Å². The van der Waals surface area contributed by atoms with Crippen LogP contribution in [0.3, 0.4) is 0 Å². The Bertz CT molecular complexity index is 701. The molecule has 0 aliphatic carbocycles. The normalized spacial score (nSPS) is 24.5. The molecule has 2 aromatic carbocycles. The number of methoxy groups -OCH3 is 1. The Morgan fingerprint density at radius 2 is 1.76 bits per heavy atom. The second-order valence-corrected chi connectivity index (χ2v) is 6.64. The molecule has 0 radical (unpaired) electrons. The standard InChI is InChI=1S/C17H18NO2S/c1-12-13-8-4-7-11-16(13)21-18(2,17(12)19)14-9-5-6-10-15(14)20-3/h4-12H,1-3H3/q+1. The van der Waals surface area contributed by atoms with Gasteiger partial charge in [0.1, 0.15) is 11.9 Å². The summed E-state index contributed by atoms with van der Waals surface area (Å²) >= 11 is 1.56. The van der Waals surface area contributed by atoms with Gasteiger partial charge in [0.25, 0.3) is 0 Å². The van der Waals surface area contributed by atoms with Gasteiger partial charge in [0, 0.05) is 6.07 Å². The first-order valence-corrected chi connectivity index (χ1v) is 7.68. The van der Waals surface area contributed by atoms with Crippen LogP contribution >= 0.6 is 11.9 Å². The highest BCUT2D eigenvalue weighted by atomic mass is 32.2. The fraction of sp³-hybridized carbons (Fsp3) is 0.235. The molecule has 3 nitrogen and oxygen atoms in total. The van der Waals surface area contributed by atoms with Gasteiger partial charge in [0.2, 0.25) is 0 Å². The van der Waals surface area contributed by atoms with Gasteiger partial charge >= 0.3 is 5.91 Å². The number of hydrogen-bond donors (Lipinski definition) is 0. The lowest BCUT2D eigenvalue weighted by Gasteiger charge is -2.35. The van der Waals surface area contributed by atoms with E-state index in [2.05, 4.69) is 6.07 Å². The summed E-state index contributed by atoms with van der Waals surface area (Å²) in [7, 11) is 3.58. The summed E-state index contributed by atoms with van der Waals surface area (Å²) in [6.45, 7) is 1.98. The van der Waals surface area contributed by atoms with Crippen molar-refractivity contribution in [1.82, 2.24) is 3.89 Å². The van der Waals surface area contributed by atoms with Crippen molar-refractivity contribution < 1.29 is 9.53 Å². The molecule has 0 saturated heterocycles. The molecule has 0 aromatic heterocycles. The molecule has 0 bridgehead atoms. The van der Waals surface area contributed by atoms with Crippen molar-refractivity contribution >= 4 is 23.5 Å².